The lowest BCUT2D eigenvalue weighted by atomic mass is 9.94. The van der Waals surface area contributed by atoms with Crippen molar-refractivity contribution in [2.75, 3.05) is 13.2 Å². The van der Waals surface area contributed by atoms with E-state index in [4.69, 9.17) is 9.47 Å². The van der Waals surface area contributed by atoms with Crippen LogP contribution in [0.5, 0.6) is 0 Å². The molecule has 8 nitrogen and oxygen atoms in total. The van der Waals surface area contributed by atoms with Gasteiger partial charge in [0, 0.05) is 12.0 Å². The Bertz CT molecular complexity index is 999. The van der Waals surface area contributed by atoms with Gasteiger partial charge in [0.2, 0.25) is 5.54 Å². The van der Waals surface area contributed by atoms with Crippen molar-refractivity contribution in [2.24, 2.45) is 0 Å². The summed E-state index contributed by atoms with van der Waals surface area (Å²) in [6.45, 7) is 4.64. The summed E-state index contributed by atoms with van der Waals surface area (Å²) in [5, 5.41) is 10.4. The predicted octanol–water partition coefficient (Wildman–Crippen LogP) is 1.91. The maximum atomic E-state index is 13.2. The van der Waals surface area contributed by atoms with Gasteiger partial charge >= 0.3 is 11.9 Å². The van der Waals surface area contributed by atoms with Crippen LogP contribution in [0, 0.1) is 0 Å². The summed E-state index contributed by atoms with van der Waals surface area (Å²) in [4.78, 5) is 43.4. The maximum absolute atomic E-state index is 13.2. The van der Waals surface area contributed by atoms with E-state index in [1.165, 1.54) is 6.92 Å². The Labute approximate surface area is 155 Å². The zero-order chi connectivity index (χ0) is 19.8. The number of para-hydroxylation sites is 1. The number of benzene rings is 1. The van der Waals surface area contributed by atoms with Gasteiger partial charge in [-0.15, -0.1) is 0 Å². The average Bonchev–Trinajstić information content (AvgIpc) is 2.99. The Morgan fingerprint density at radius 2 is 1.78 bits per heavy atom. The van der Waals surface area contributed by atoms with E-state index < -0.39 is 23.0 Å². The standard InChI is InChI=1S/C19H20N2O6/c1-4-26-17(24)19(18(25)27-5-2)10-13(11(3)22)15-20-14-9-7-6-8-12(14)16(23)21(15)19/h6-9,22H,4-5,10H2,1-3H3/b13-11+. The molecule has 0 amide bonds. The molecule has 1 aromatic heterocycles. The number of hydrogen-bond acceptors (Lipinski definition) is 7. The molecular weight excluding hydrogens is 352 g/mol. The summed E-state index contributed by atoms with van der Waals surface area (Å²) in [6.07, 6.45) is -0.272. The number of allylic oxidation sites excluding steroid dienone is 2. The topological polar surface area (TPSA) is 108 Å². The smallest absolute Gasteiger partial charge is 0.344 e. The molecular formula is C19H20N2O6. The van der Waals surface area contributed by atoms with Crippen molar-refractivity contribution < 1.29 is 24.2 Å². The molecule has 2 heterocycles. The molecule has 2 aromatic rings. The van der Waals surface area contributed by atoms with Gasteiger partial charge in [0.15, 0.2) is 0 Å². The van der Waals surface area contributed by atoms with E-state index in [0.717, 1.165) is 4.57 Å². The molecule has 0 radical (unpaired) electrons. The maximum Gasteiger partial charge on any atom is 0.344 e. The third-order valence-corrected chi connectivity index (χ3v) is 4.52. The van der Waals surface area contributed by atoms with E-state index in [0.29, 0.717) is 5.52 Å². The molecule has 0 saturated heterocycles. The van der Waals surface area contributed by atoms with Gasteiger partial charge in [0.1, 0.15) is 5.82 Å². The van der Waals surface area contributed by atoms with Crippen LogP contribution in [0.15, 0.2) is 34.8 Å². The van der Waals surface area contributed by atoms with Gasteiger partial charge in [-0.25, -0.2) is 14.6 Å². The van der Waals surface area contributed by atoms with E-state index in [2.05, 4.69) is 4.98 Å². The van der Waals surface area contributed by atoms with Crippen LogP contribution < -0.4 is 5.56 Å². The van der Waals surface area contributed by atoms with Gasteiger partial charge in [0.05, 0.1) is 29.9 Å². The molecule has 1 aliphatic heterocycles. The second-order valence-corrected chi connectivity index (χ2v) is 6.14. The lowest BCUT2D eigenvalue weighted by Gasteiger charge is -2.26. The molecule has 0 unspecified atom stereocenters. The number of aromatic nitrogens is 2. The number of carbonyl (C=O) groups excluding carboxylic acids is 2. The quantitative estimate of drug-likeness (QED) is 0.496. The predicted molar refractivity (Wildman–Crippen MR) is 97.1 cm³/mol. The van der Waals surface area contributed by atoms with Gasteiger partial charge in [-0.3, -0.25) is 9.36 Å². The van der Waals surface area contributed by atoms with E-state index in [1.54, 1.807) is 38.1 Å². The molecule has 0 bridgehead atoms. The van der Waals surface area contributed by atoms with Crippen molar-refractivity contribution in [3.05, 3.63) is 46.2 Å². The van der Waals surface area contributed by atoms with E-state index in [1.807, 2.05) is 0 Å². The summed E-state index contributed by atoms with van der Waals surface area (Å²) in [5.41, 5.74) is -2.02. The van der Waals surface area contributed by atoms with Crippen LogP contribution in [-0.2, 0) is 24.6 Å². The van der Waals surface area contributed by atoms with Crippen LogP contribution in [-0.4, -0.2) is 39.8 Å². The molecule has 0 spiro atoms. The Hall–Kier alpha value is -3.16. The van der Waals surface area contributed by atoms with Crippen molar-refractivity contribution in [3.8, 4) is 0 Å². The highest BCUT2D eigenvalue weighted by molar-refractivity contribution is 6.06. The molecule has 0 saturated carbocycles. The second kappa shape index (κ2) is 6.86. The lowest BCUT2D eigenvalue weighted by Crippen LogP contribution is -2.53. The summed E-state index contributed by atoms with van der Waals surface area (Å²) < 4.78 is 11.2. The third kappa shape index (κ3) is 2.68. The number of carbonyl (C=O) groups is 2. The van der Waals surface area contributed by atoms with Crippen molar-refractivity contribution in [2.45, 2.75) is 32.7 Å². The molecule has 0 atom stereocenters. The Morgan fingerprint density at radius 3 is 2.33 bits per heavy atom. The number of fused-ring (bicyclic) bond motifs is 2. The molecule has 0 aliphatic carbocycles. The first kappa shape index (κ1) is 18.6. The molecule has 0 fully saturated rings. The number of aliphatic hydroxyl groups is 1. The molecule has 27 heavy (non-hydrogen) atoms. The van der Waals surface area contributed by atoms with Crippen molar-refractivity contribution >= 4 is 28.4 Å². The van der Waals surface area contributed by atoms with E-state index >= 15 is 0 Å². The minimum Gasteiger partial charge on any atom is -0.512 e. The Balaban J connectivity index is 2.44. The monoisotopic (exact) mass is 372 g/mol. The fraction of sp³-hybridized carbons (Fsp3) is 0.368. The van der Waals surface area contributed by atoms with Crippen LogP contribution >= 0.6 is 0 Å². The summed E-state index contributed by atoms with van der Waals surface area (Å²) in [6, 6.07) is 6.60. The molecule has 1 aliphatic rings. The molecule has 1 aromatic carbocycles. The molecule has 8 heteroatoms. The SMILES string of the molecule is CCOC(=O)C1(C(=O)OCC)C/C(=C(/C)O)c2nc3ccccc3c(=O)n21. The van der Waals surface area contributed by atoms with Crippen molar-refractivity contribution in [3.63, 3.8) is 0 Å². The van der Waals surface area contributed by atoms with Gasteiger partial charge in [0.25, 0.3) is 5.56 Å². The number of rotatable bonds is 4. The summed E-state index contributed by atoms with van der Waals surface area (Å²) in [7, 11) is 0. The highest BCUT2D eigenvalue weighted by atomic mass is 16.6. The van der Waals surface area contributed by atoms with E-state index in [9.17, 15) is 19.5 Å². The van der Waals surface area contributed by atoms with Crippen LogP contribution in [0.2, 0.25) is 0 Å². The van der Waals surface area contributed by atoms with Crippen LogP contribution in [0.4, 0.5) is 0 Å². The van der Waals surface area contributed by atoms with Gasteiger partial charge in [-0.05, 0) is 32.9 Å². The Kier molecular flexibility index (Phi) is 4.73. The normalized spacial score (nSPS) is 16.7. The first-order valence-electron chi connectivity index (χ1n) is 8.64. The zero-order valence-corrected chi connectivity index (χ0v) is 15.3. The third-order valence-electron chi connectivity index (χ3n) is 4.52. The van der Waals surface area contributed by atoms with Gasteiger partial charge in [-0.2, -0.15) is 0 Å². The zero-order valence-electron chi connectivity index (χ0n) is 15.3. The average molecular weight is 372 g/mol. The van der Waals surface area contributed by atoms with Gasteiger partial charge in [-0.1, -0.05) is 12.1 Å². The number of ether oxygens (including phenoxy) is 2. The number of esters is 2. The second-order valence-electron chi connectivity index (χ2n) is 6.14. The first-order chi connectivity index (χ1) is 12.9. The lowest BCUT2D eigenvalue weighted by molar-refractivity contribution is -0.169. The molecule has 3 rings (SSSR count). The fourth-order valence-corrected chi connectivity index (χ4v) is 3.30. The number of aliphatic hydroxyl groups excluding tert-OH is 1. The van der Waals surface area contributed by atoms with Crippen molar-refractivity contribution in [1.29, 1.82) is 0 Å². The van der Waals surface area contributed by atoms with Crippen LogP contribution in [0.3, 0.4) is 0 Å². The van der Waals surface area contributed by atoms with Gasteiger partial charge < -0.3 is 14.6 Å². The number of nitrogens with zero attached hydrogens (tertiary/aromatic N) is 2. The minimum absolute atomic E-state index is 0.0161. The summed E-state index contributed by atoms with van der Waals surface area (Å²) in [5.74, 6) is -1.92. The summed E-state index contributed by atoms with van der Waals surface area (Å²) >= 11 is 0. The highest BCUT2D eigenvalue weighted by Crippen LogP contribution is 2.41. The molecule has 142 valence electrons. The Morgan fingerprint density at radius 1 is 1.19 bits per heavy atom. The van der Waals surface area contributed by atoms with Crippen LogP contribution in [0.25, 0.3) is 16.5 Å². The largest absolute Gasteiger partial charge is 0.512 e. The minimum atomic E-state index is -2.06. The van der Waals surface area contributed by atoms with Crippen LogP contribution in [0.1, 0.15) is 33.0 Å². The fourth-order valence-electron chi connectivity index (χ4n) is 3.30. The number of hydrogen-bond donors (Lipinski definition) is 1. The van der Waals surface area contributed by atoms with Crippen molar-refractivity contribution in [1.82, 2.24) is 9.55 Å². The molecule has 1 N–H and O–H groups in total. The first-order valence-corrected chi connectivity index (χ1v) is 8.64. The van der Waals surface area contributed by atoms with E-state index in [-0.39, 0.29) is 42.2 Å². The highest BCUT2D eigenvalue weighted by Gasteiger charge is 2.58.